The Kier molecular flexibility index (Phi) is 6.62. The molecule has 1 aromatic heterocycles. The van der Waals surface area contributed by atoms with Gasteiger partial charge in [-0.3, -0.25) is 9.59 Å². The summed E-state index contributed by atoms with van der Waals surface area (Å²) >= 11 is 0. The van der Waals surface area contributed by atoms with Gasteiger partial charge in [-0.15, -0.1) is 0 Å². The predicted molar refractivity (Wildman–Crippen MR) is 120 cm³/mol. The van der Waals surface area contributed by atoms with Gasteiger partial charge in [0.25, 0.3) is 5.91 Å². The Balaban J connectivity index is 1.18. The maximum Gasteiger partial charge on any atom is 0.251 e. The Hall–Kier alpha value is -3.61. The van der Waals surface area contributed by atoms with Crippen molar-refractivity contribution in [3.63, 3.8) is 0 Å². The van der Waals surface area contributed by atoms with E-state index in [4.69, 9.17) is 0 Å². The molecule has 2 aromatic carbocycles. The fourth-order valence-corrected chi connectivity index (χ4v) is 3.75. The van der Waals surface area contributed by atoms with Crippen molar-refractivity contribution >= 4 is 17.5 Å². The summed E-state index contributed by atoms with van der Waals surface area (Å²) in [5.74, 6) is -0.0698. The largest absolute Gasteiger partial charge is 0.368 e. The second-order valence-electron chi connectivity index (χ2n) is 7.64. The molecule has 1 aliphatic heterocycles. The number of rotatable bonds is 7. The molecular weight excluding hydrogens is 390 g/mol. The van der Waals surface area contributed by atoms with Crippen LogP contribution in [0.5, 0.6) is 0 Å². The lowest BCUT2D eigenvalue weighted by molar-refractivity contribution is -0.131. The molecule has 1 aliphatic rings. The second kappa shape index (κ2) is 9.93. The first-order valence-electron chi connectivity index (χ1n) is 10.6. The smallest absolute Gasteiger partial charge is 0.251 e. The molecule has 4 rings (SSSR count). The number of piperazine rings is 1. The van der Waals surface area contributed by atoms with Gasteiger partial charge in [-0.05, 0) is 29.8 Å². The molecule has 0 bridgehead atoms. The average Bonchev–Trinajstić information content (AvgIpc) is 3.33. The maximum atomic E-state index is 12.5. The Morgan fingerprint density at radius 3 is 2.35 bits per heavy atom. The zero-order valence-corrected chi connectivity index (χ0v) is 17.5. The Labute approximate surface area is 182 Å². The van der Waals surface area contributed by atoms with Crippen LogP contribution in [0.3, 0.4) is 0 Å². The molecule has 0 atom stereocenters. The Bertz CT molecular complexity index is 979. The normalized spacial score (nSPS) is 13.8. The van der Waals surface area contributed by atoms with Crippen LogP contribution in [-0.2, 0) is 11.3 Å². The molecule has 0 spiro atoms. The van der Waals surface area contributed by atoms with E-state index in [1.54, 1.807) is 12.5 Å². The zero-order valence-electron chi connectivity index (χ0n) is 17.5. The molecule has 7 nitrogen and oxygen atoms in total. The first-order valence-corrected chi connectivity index (χ1v) is 10.6. The minimum Gasteiger partial charge on any atom is -0.368 e. The summed E-state index contributed by atoms with van der Waals surface area (Å²) in [5.41, 5.74) is 2.88. The van der Waals surface area contributed by atoms with Crippen LogP contribution in [0.25, 0.3) is 0 Å². The summed E-state index contributed by atoms with van der Waals surface area (Å²) in [6.07, 6.45) is 5.72. The number of carbonyl (C=O) groups is 2. The predicted octanol–water partition coefficient (Wildman–Crippen LogP) is 2.40. The minimum absolute atomic E-state index is 0.0868. The first-order chi connectivity index (χ1) is 15.2. The number of imidazole rings is 1. The summed E-state index contributed by atoms with van der Waals surface area (Å²) in [7, 11) is 0. The molecule has 7 heteroatoms. The van der Waals surface area contributed by atoms with Crippen molar-refractivity contribution in [1.29, 1.82) is 0 Å². The van der Waals surface area contributed by atoms with Gasteiger partial charge in [-0.1, -0.05) is 30.3 Å². The van der Waals surface area contributed by atoms with Crippen LogP contribution in [0.1, 0.15) is 22.3 Å². The molecule has 3 aromatic rings. The fourth-order valence-electron chi connectivity index (χ4n) is 3.75. The van der Waals surface area contributed by atoms with E-state index in [9.17, 15) is 9.59 Å². The number of benzene rings is 2. The van der Waals surface area contributed by atoms with E-state index in [2.05, 4.69) is 27.3 Å². The highest BCUT2D eigenvalue weighted by Gasteiger charge is 2.21. The summed E-state index contributed by atoms with van der Waals surface area (Å²) in [6.45, 7) is 4.13. The molecule has 0 aliphatic carbocycles. The molecule has 1 N–H and O–H groups in total. The van der Waals surface area contributed by atoms with Gasteiger partial charge < -0.3 is 19.7 Å². The van der Waals surface area contributed by atoms with Crippen LogP contribution in [-0.4, -0.2) is 59.0 Å². The number of para-hydroxylation sites is 1. The highest BCUT2D eigenvalue weighted by molar-refractivity contribution is 5.94. The van der Waals surface area contributed by atoms with E-state index in [1.165, 1.54) is 5.69 Å². The van der Waals surface area contributed by atoms with Crippen molar-refractivity contribution in [2.24, 2.45) is 0 Å². The van der Waals surface area contributed by atoms with Gasteiger partial charge in [0.05, 0.1) is 6.33 Å². The summed E-state index contributed by atoms with van der Waals surface area (Å²) in [6, 6.07) is 17.8. The van der Waals surface area contributed by atoms with E-state index in [1.807, 2.05) is 58.1 Å². The van der Waals surface area contributed by atoms with E-state index in [0.29, 0.717) is 38.2 Å². The van der Waals surface area contributed by atoms with Crippen molar-refractivity contribution in [2.75, 3.05) is 37.6 Å². The van der Waals surface area contributed by atoms with Gasteiger partial charge in [0.15, 0.2) is 0 Å². The number of anilines is 1. The molecule has 2 heterocycles. The van der Waals surface area contributed by atoms with Crippen LogP contribution in [0.2, 0.25) is 0 Å². The monoisotopic (exact) mass is 417 g/mol. The van der Waals surface area contributed by atoms with E-state index < -0.39 is 0 Å². The lowest BCUT2D eigenvalue weighted by Crippen LogP contribution is -2.49. The van der Waals surface area contributed by atoms with Gasteiger partial charge >= 0.3 is 0 Å². The highest BCUT2D eigenvalue weighted by atomic mass is 16.2. The number of hydrogen-bond acceptors (Lipinski definition) is 4. The molecule has 0 unspecified atom stereocenters. The molecule has 31 heavy (non-hydrogen) atoms. The number of nitrogens with one attached hydrogen (secondary N) is 1. The van der Waals surface area contributed by atoms with Gasteiger partial charge in [0, 0.05) is 69.3 Å². The number of hydrogen-bond donors (Lipinski definition) is 1. The van der Waals surface area contributed by atoms with Crippen LogP contribution >= 0.6 is 0 Å². The standard InChI is InChI=1S/C24H27N5O2/c30-23(29-16-14-28(15-17-29)22-4-2-1-3-5-22)10-11-26-24(31)21-8-6-20(7-9-21)18-27-13-12-25-19-27/h1-9,12-13,19H,10-11,14-18H2,(H,26,31). The van der Waals surface area contributed by atoms with Gasteiger partial charge in [-0.25, -0.2) is 4.98 Å². The number of carbonyl (C=O) groups excluding carboxylic acids is 2. The zero-order chi connectivity index (χ0) is 21.5. The van der Waals surface area contributed by atoms with Gasteiger partial charge in [0.2, 0.25) is 5.91 Å². The molecular formula is C24H27N5O2. The molecule has 1 saturated heterocycles. The first kappa shape index (κ1) is 20.7. The summed E-state index contributed by atoms with van der Waals surface area (Å²) < 4.78 is 1.97. The third kappa shape index (κ3) is 5.51. The summed E-state index contributed by atoms with van der Waals surface area (Å²) in [5, 5.41) is 2.86. The van der Waals surface area contributed by atoms with E-state index >= 15 is 0 Å². The molecule has 0 radical (unpaired) electrons. The Morgan fingerprint density at radius 1 is 0.935 bits per heavy atom. The van der Waals surface area contributed by atoms with Crippen molar-refractivity contribution in [3.8, 4) is 0 Å². The molecule has 0 saturated carbocycles. The van der Waals surface area contributed by atoms with Crippen LogP contribution < -0.4 is 10.2 Å². The topological polar surface area (TPSA) is 70.5 Å². The van der Waals surface area contributed by atoms with Crippen molar-refractivity contribution in [3.05, 3.63) is 84.4 Å². The molecule has 2 amide bonds. The van der Waals surface area contributed by atoms with Crippen LogP contribution in [0, 0.1) is 0 Å². The lowest BCUT2D eigenvalue weighted by atomic mass is 10.1. The fraction of sp³-hybridized carbons (Fsp3) is 0.292. The highest BCUT2D eigenvalue weighted by Crippen LogP contribution is 2.15. The van der Waals surface area contributed by atoms with Gasteiger partial charge in [0.1, 0.15) is 0 Å². The number of amides is 2. The van der Waals surface area contributed by atoms with Crippen molar-refractivity contribution in [1.82, 2.24) is 19.8 Å². The van der Waals surface area contributed by atoms with Crippen LogP contribution in [0.4, 0.5) is 5.69 Å². The maximum absolute atomic E-state index is 12.5. The van der Waals surface area contributed by atoms with E-state index in [0.717, 1.165) is 18.7 Å². The SMILES string of the molecule is O=C(NCCC(=O)N1CCN(c2ccccc2)CC1)c1ccc(Cn2ccnc2)cc1. The molecule has 1 fully saturated rings. The van der Waals surface area contributed by atoms with Crippen LogP contribution in [0.15, 0.2) is 73.3 Å². The van der Waals surface area contributed by atoms with Gasteiger partial charge in [-0.2, -0.15) is 0 Å². The van der Waals surface area contributed by atoms with Crippen molar-refractivity contribution in [2.45, 2.75) is 13.0 Å². The number of aromatic nitrogens is 2. The average molecular weight is 418 g/mol. The second-order valence-corrected chi connectivity index (χ2v) is 7.64. The number of nitrogens with zero attached hydrogens (tertiary/aromatic N) is 4. The summed E-state index contributed by atoms with van der Waals surface area (Å²) in [4.78, 5) is 33.1. The Morgan fingerprint density at radius 2 is 1.68 bits per heavy atom. The quantitative estimate of drug-likeness (QED) is 0.641. The third-order valence-electron chi connectivity index (χ3n) is 5.52. The lowest BCUT2D eigenvalue weighted by Gasteiger charge is -2.36. The minimum atomic E-state index is -0.157. The molecule has 160 valence electrons. The third-order valence-corrected chi connectivity index (χ3v) is 5.52. The van der Waals surface area contributed by atoms with E-state index in [-0.39, 0.29) is 11.8 Å². The van der Waals surface area contributed by atoms with Crippen molar-refractivity contribution < 1.29 is 9.59 Å².